The molecule has 7 heteroatoms. The van der Waals surface area contributed by atoms with E-state index in [9.17, 15) is 19.5 Å². The number of aromatic carboxylic acids is 1. The van der Waals surface area contributed by atoms with Crippen LogP contribution in [0.15, 0.2) is 54.6 Å². The number of amides is 1. The van der Waals surface area contributed by atoms with Crippen LogP contribution in [0.5, 0.6) is 0 Å². The van der Waals surface area contributed by atoms with Crippen molar-refractivity contribution in [1.82, 2.24) is 5.32 Å². The first-order valence-corrected chi connectivity index (χ1v) is 7.59. The van der Waals surface area contributed by atoms with E-state index in [1.54, 1.807) is 0 Å². The number of aliphatic carboxylic acids is 1. The van der Waals surface area contributed by atoms with E-state index in [2.05, 4.69) is 10.6 Å². The van der Waals surface area contributed by atoms with Gasteiger partial charge in [-0.3, -0.25) is 14.9 Å². The van der Waals surface area contributed by atoms with Crippen molar-refractivity contribution in [3.63, 3.8) is 0 Å². The topological polar surface area (TPSA) is 116 Å². The van der Waals surface area contributed by atoms with E-state index < -0.39 is 23.9 Å². The Kier molecular flexibility index (Phi) is 6.25. The van der Waals surface area contributed by atoms with Crippen LogP contribution < -0.4 is 10.6 Å². The van der Waals surface area contributed by atoms with Gasteiger partial charge in [-0.05, 0) is 36.2 Å². The lowest BCUT2D eigenvalue weighted by Gasteiger charge is -2.14. The minimum Gasteiger partial charge on any atom is -0.480 e. The van der Waals surface area contributed by atoms with Crippen LogP contribution in [0, 0.1) is 0 Å². The number of carboxylic acid groups (broad SMARTS) is 2. The van der Waals surface area contributed by atoms with Crippen LogP contribution in [0.2, 0.25) is 0 Å². The summed E-state index contributed by atoms with van der Waals surface area (Å²) in [7, 11) is 0. The molecule has 1 atom stereocenters. The number of hydrogen-bond donors (Lipinski definition) is 4. The third-order valence-electron chi connectivity index (χ3n) is 3.51. The summed E-state index contributed by atoms with van der Waals surface area (Å²) in [5.74, 6) is -2.50. The minimum atomic E-state index is -1.05. The number of anilines is 1. The number of hydrogen-bond acceptors (Lipinski definition) is 4. The van der Waals surface area contributed by atoms with Crippen molar-refractivity contribution >= 4 is 23.5 Å². The Balaban J connectivity index is 1.88. The van der Waals surface area contributed by atoms with Crippen molar-refractivity contribution in [2.45, 2.75) is 12.5 Å². The van der Waals surface area contributed by atoms with Gasteiger partial charge in [-0.1, -0.05) is 30.3 Å². The molecule has 2 aromatic carbocycles. The molecule has 0 saturated heterocycles. The summed E-state index contributed by atoms with van der Waals surface area (Å²) >= 11 is 0. The zero-order chi connectivity index (χ0) is 18.2. The molecule has 25 heavy (non-hydrogen) atoms. The number of carbonyl (C=O) groups is 3. The van der Waals surface area contributed by atoms with Crippen molar-refractivity contribution in [1.29, 1.82) is 0 Å². The van der Waals surface area contributed by atoms with Gasteiger partial charge < -0.3 is 15.5 Å². The Morgan fingerprint density at radius 2 is 1.56 bits per heavy atom. The lowest BCUT2D eigenvalue weighted by molar-refractivity contribution is -0.139. The fourth-order valence-electron chi connectivity index (χ4n) is 2.21. The summed E-state index contributed by atoms with van der Waals surface area (Å²) in [5.41, 5.74) is 1.41. The highest BCUT2D eigenvalue weighted by atomic mass is 16.4. The maximum atomic E-state index is 11.9. The van der Waals surface area contributed by atoms with Crippen LogP contribution in [0.25, 0.3) is 0 Å². The Morgan fingerprint density at radius 3 is 2.12 bits per heavy atom. The number of nitrogens with one attached hydrogen (secondary N) is 2. The third-order valence-corrected chi connectivity index (χ3v) is 3.51. The van der Waals surface area contributed by atoms with Crippen molar-refractivity contribution < 1.29 is 24.6 Å². The fourth-order valence-corrected chi connectivity index (χ4v) is 2.21. The molecule has 7 nitrogen and oxygen atoms in total. The summed E-state index contributed by atoms with van der Waals surface area (Å²) in [6.07, 6.45) is 0.261. The van der Waals surface area contributed by atoms with E-state index in [0.717, 1.165) is 5.56 Å². The monoisotopic (exact) mass is 342 g/mol. The molecule has 0 fully saturated rings. The number of carbonyl (C=O) groups excluding carboxylic acids is 1. The van der Waals surface area contributed by atoms with Gasteiger partial charge in [0.15, 0.2) is 0 Å². The molecule has 0 heterocycles. The van der Waals surface area contributed by atoms with Gasteiger partial charge in [-0.25, -0.2) is 4.79 Å². The van der Waals surface area contributed by atoms with Crippen LogP contribution >= 0.6 is 0 Å². The normalized spacial score (nSPS) is 11.5. The number of benzene rings is 2. The Hall–Kier alpha value is -3.19. The van der Waals surface area contributed by atoms with Gasteiger partial charge in [0.2, 0.25) is 5.91 Å². The molecule has 2 rings (SSSR count). The second-order valence-electron chi connectivity index (χ2n) is 5.39. The highest BCUT2D eigenvalue weighted by Gasteiger charge is 2.18. The quantitative estimate of drug-likeness (QED) is 0.579. The second-order valence-corrected chi connectivity index (χ2v) is 5.39. The molecule has 0 aliphatic heterocycles. The average Bonchev–Trinajstić information content (AvgIpc) is 2.59. The number of carboxylic acids is 2. The predicted octanol–water partition coefficient (Wildman–Crippen LogP) is 1.61. The first kappa shape index (κ1) is 18.2. The summed E-state index contributed by atoms with van der Waals surface area (Å²) < 4.78 is 0. The maximum Gasteiger partial charge on any atom is 0.335 e. The molecule has 1 amide bonds. The van der Waals surface area contributed by atoms with E-state index in [0.29, 0.717) is 5.69 Å². The molecule has 0 aliphatic carbocycles. The summed E-state index contributed by atoms with van der Waals surface area (Å²) in [4.78, 5) is 34.0. The molecule has 4 N–H and O–H groups in total. The second kappa shape index (κ2) is 8.60. The highest BCUT2D eigenvalue weighted by molar-refractivity contribution is 5.93. The van der Waals surface area contributed by atoms with Gasteiger partial charge in [0, 0.05) is 5.69 Å². The van der Waals surface area contributed by atoms with Gasteiger partial charge in [0.1, 0.15) is 6.04 Å². The van der Waals surface area contributed by atoms with Crippen molar-refractivity contribution in [3.05, 3.63) is 65.7 Å². The Morgan fingerprint density at radius 1 is 0.920 bits per heavy atom. The third kappa shape index (κ3) is 5.74. The molecule has 0 radical (unpaired) electrons. The van der Waals surface area contributed by atoms with E-state index >= 15 is 0 Å². The van der Waals surface area contributed by atoms with Crippen LogP contribution in [-0.4, -0.2) is 40.6 Å². The summed E-state index contributed by atoms with van der Waals surface area (Å²) in [5, 5.41) is 23.4. The molecule has 130 valence electrons. The average molecular weight is 342 g/mol. The SMILES string of the molecule is O=C(CN[C@@H](Cc1ccccc1)C(=O)O)Nc1ccc(C(=O)O)cc1. The number of rotatable bonds is 8. The Bertz CT molecular complexity index is 744. The predicted molar refractivity (Wildman–Crippen MR) is 91.6 cm³/mol. The summed E-state index contributed by atoms with van der Waals surface area (Å²) in [6, 6.07) is 13.9. The van der Waals surface area contributed by atoms with Crippen molar-refractivity contribution in [3.8, 4) is 0 Å². The molecule has 0 spiro atoms. The van der Waals surface area contributed by atoms with Crippen LogP contribution in [-0.2, 0) is 16.0 Å². The van der Waals surface area contributed by atoms with Crippen LogP contribution in [0.3, 0.4) is 0 Å². The van der Waals surface area contributed by atoms with Gasteiger partial charge in [-0.2, -0.15) is 0 Å². The van der Waals surface area contributed by atoms with E-state index in [4.69, 9.17) is 5.11 Å². The zero-order valence-corrected chi connectivity index (χ0v) is 13.3. The fraction of sp³-hybridized carbons (Fsp3) is 0.167. The molecule has 0 saturated carbocycles. The van der Waals surface area contributed by atoms with E-state index in [1.165, 1.54) is 24.3 Å². The van der Waals surface area contributed by atoms with Crippen molar-refractivity contribution in [2.24, 2.45) is 0 Å². The van der Waals surface area contributed by atoms with Crippen LogP contribution in [0.4, 0.5) is 5.69 Å². The van der Waals surface area contributed by atoms with Gasteiger partial charge in [-0.15, -0.1) is 0 Å². The van der Waals surface area contributed by atoms with Gasteiger partial charge in [0.25, 0.3) is 0 Å². The summed E-state index contributed by atoms with van der Waals surface area (Å²) in [6.45, 7) is -0.176. The highest BCUT2D eigenvalue weighted by Crippen LogP contribution is 2.09. The van der Waals surface area contributed by atoms with Gasteiger partial charge in [0.05, 0.1) is 12.1 Å². The molecule has 0 bridgehead atoms. The first-order valence-electron chi connectivity index (χ1n) is 7.59. The van der Waals surface area contributed by atoms with E-state index in [-0.39, 0.29) is 18.5 Å². The molecule has 2 aromatic rings. The van der Waals surface area contributed by atoms with Crippen molar-refractivity contribution in [2.75, 3.05) is 11.9 Å². The van der Waals surface area contributed by atoms with E-state index in [1.807, 2.05) is 30.3 Å². The lowest BCUT2D eigenvalue weighted by Crippen LogP contribution is -2.42. The standard InChI is InChI=1S/C18H18N2O5/c21-16(20-14-8-6-13(7-9-14)17(22)23)11-19-15(18(24)25)10-12-4-2-1-3-5-12/h1-9,15,19H,10-11H2,(H,20,21)(H,22,23)(H,24,25)/t15-/m0/s1. The molecular formula is C18H18N2O5. The minimum absolute atomic E-state index is 0.116. The largest absolute Gasteiger partial charge is 0.480 e. The van der Waals surface area contributed by atoms with Gasteiger partial charge >= 0.3 is 11.9 Å². The molecule has 0 aromatic heterocycles. The van der Waals surface area contributed by atoms with Crippen LogP contribution in [0.1, 0.15) is 15.9 Å². The lowest BCUT2D eigenvalue weighted by atomic mass is 10.1. The Labute approximate surface area is 144 Å². The molecule has 0 aliphatic rings. The first-order chi connectivity index (χ1) is 12.0. The molecule has 0 unspecified atom stereocenters. The smallest absolute Gasteiger partial charge is 0.335 e. The zero-order valence-electron chi connectivity index (χ0n) is 13.3. The molecular weight excluding hydrogens is 324 g/mol. The maximum absolute atomic E-state index is 11.9.